The number of carboxylic acids is 2. The Bertz CT molecular complexity index is 550. The molecule has 0 spiro atoms. The SMILES string of the molecule is CCCCOC(=O)COC(=O)C(CCCC)(CCCC)C(O)(CC(=O)O)C(=O)O. The Morgan fingerprint density at radius 3 is 1.76 bits per heavy atom. The summed E-state index contributed by atoms with van der Waals surface area (Å²) in [5, 5.41) is 29.8. The molecule has 0 saturated heterocycles. The van der Waals surface area contributed by atoms with Gasteiger partial charge in [-0.15, -0.1) is 0 Å². The second kappa shape index (κ2) is 13.1. The van der Waals surface area contributed by atoms with Crippen molar-refractivity contribution in [2.75, 3.05) is 13.2 Å². The van der Waals surface area contributed by atoms with Gasteiger partial charge in [-0.2, -0.15) is 0 Å². The van der Waals surface area contributed by atoms with E-state index in [1.165, 1.54) is 0 Å². The normalized spacial score (nSPS) is 13.4. The molecule has 0 aromatic carbocycles. The number of carbonyl (C=O) groups is 4. The van der Waals surface area contributed by atoms with Crippen LogP contribution >= 0.6 is 0 Å². The summed E-state index contributed by atoms with van der Waals surface area (Å²) in [4.78, 5) is 48.0. The number of aliphatic carboxylic acids is 2. The third-order valence-electron chi connectivity index (χ3n) is 4.94. The fourth-order valence-electron chi connectivity index (χ4n) is 3.17. The van der Waals surface area contributed by atoms with E-state index in [1.54, 1.807) is 0 Å². The van der Waals surface area contributed by atoms with Gasteiger partial charge < -0.3 is 24.8 Å². The van der Waals surface area contributed by atoms with Gasteiger partial charge in [-0.25, -0.2) is 9.59 Å². The summed E-state index contributed by atoms with van der Waals surface area (Å²) in [6, 6.07) is 0. The quantitative estimate of drug-likeness (QED) is 0.254. The highest BCUT2D eigenvalue weighted by Gasteiger charge is 2.61. The molecule has 0 aromatic heterocycles. The first-order valence-electron chi connectivity index (χ1n) is 10.1. The molecule has 0 aliphatic heterocycles. The van der Waals surface area contributed by atoms with Crippen molar-refractivity contribution < 1.29 is 44.0 Å². The fourth-order valence-corrected chi connectivity index (χ4v) is 3.17. The van der Waals surface area contributed by atoms with Crippen molar-refractivity contribution in [2.24, 2.45) is 5.41 Å². The Balaban J connectivity index is 5.84. The zero-order valence-electron chi connectivity index (χ0n) is 17.6. The van der Waals surface area contributed by atoms with Gasteiger partial charge in [0.15, 0.2) is 12.2 Å². The van der Waals surface area contributed by atoms with E-state index in [0.717, 1.165) is 6.42 Å². The molecule has 29 heavy (non-hydrogen) atoms. The Morgan fingerprint density at radius 2 is 1.34 bits per heavy atom. The predicted molar refractivity (Wildman–Crippen MR) is 103 cm³/mol. The first-order valence-corrected chi connectivity index (χ1v) is 10.1. The Hall–Kier alpha value is -2.16. The zero-order valence-corrected chi connectivity index (χ0v) is 17.6. The van der Waals surface area contributed by atoms with Crippen molar-refractivity contribution in [3.63, 3.8) is 0 Å². The van der Waals surface area contributed by atoms with E-state index < -0.39 is 47.9 Å². The lowest BCUT2D eigenvalue weighted by atomic mass is 9.64. The van der Waals surface area contributed by atoms with Crippen LogP contribution in [-0.2, 0) is 28.7 Å². The van der Waals surface area contributed by atoms with Crippen LogP contribution in [0.1, 0.15) is 78.6 Å². The molecule has 9 nitrogen and oxygen atoms in total. The largest absolute Gasteiger partial charge is 0.481 e. The van der Waals surface area contributed by atoms with Crippen molar-refractivity contribution in [3.8, 4) is 0 Å². The zero-order chi connectivity index (χ0) is 22.5. The molecule has 0 aromatic rings. The van der Waals surface area contributed by atoms with Crippen molar-refractivity contribution in [1.29, 1.82) is 0 Å². The number of carboxylic acid groups (broad SMARTS) is 2. The number of esters is 2. The van der Waals surface area contributed by atoms with Crippen molar-refractivity contribution in [2.45, 2.75) is 84.2 Å². The van der Waals surface area contributed by atoms with Gasteiger partial charge in [-0.05, 0) is 19.3 Å². The van der Waals surface area contributed by atoms with Crippen LogP contribution in [0.3, 0.4) is 0 Å². The lowest BCUT2D eigenvalue weighted by Crippen LogP contribution is -2.60. The molecule has 1 atom stereocenters. The molecular formula is C20H34O9. The molecule has 0 aliphatic carbocycles. The lowest BCUT2D eigenvalue weighted by molar-refractivity contribution is -0.200. The number of hydrogen-bond donors (Lipinski definition) is 3. The highest BCUT2D eigenvalue weighted by atomic mass is 16.6. The molecule has 1 unspecified atom stereocenters. The Labute approximate surface area is 171 Å². The van der Waals surface area contributed by atoms with Crippen LogP contribution in [0, 0.1) is 5.41 Å². The number of carbonyl (C=O) groups excluding carboxylic acids is 2. The molecule has 0 rings (SSSR count). The number of aliphatic hydroxyl groups is 1. The van der Waals surface area contributed by atoms with Crippen molar-refractivity contribution in [3.05, 3.63) is 0 Å². The lowest BCUT2D eigenvalue weighted by Gasteiger charge is -2.42. The number of unbranched alkanes of at least 4 members (excludes halogenated alkanes) is 3. The molecule has 9 heteroatoms. The maximum absolute atomic E-state index is 13.0. The monoisotopic (exact) mass is 418 g/mol. The maximum Gasteiger partial charge on any atom is 0.344 e. The second-order valence-corrected chi connectivity index (χ2v) is 7.18. The van der Waals surface area contributed by atoms with Crippen LogP contribution in [-0.4, -0.2) is 58.0 Å². The van der Waals surface area contributed by atoms with Crippen LogP contribution in [0.2, 0.25) is 0 Å². The number of ether oxygens (including phenoxy) is 2. The van der Waals surface area contributed by atoms with Crippen LogP contribution < -0.4 is 0 Å². The van der Waals surface area contributed by atoms with Crippen LogP contribution in [0.4, 0.5) is 0 Å². The number of hydrogen-bond acceptors (Lipinski definition) is 7. The second-order valence-electron chi connectivity index (χ2n) is 7.18. The summed E-state index contributed by atoms with van der Waals surface area (Å²) in [5.74, 6) is -5.25. The van der Waals surface area contributed by atoms with Gasteiger partial charge in [-0.1, -0.05) is 52.9 Å². The highest BCUT2D eigenvalue weighted by Crippen LogP contribution is 2.45. The van der Waals surface area contributed by atoms with E-state index in [2.05, 4.69) is 0 Å². The van der Waals surface area contributed by atoms with E-state index >= 15 is 0 Å². The minimum absolute atomic E-state index is 0.0801. The summed E-state index contributed by atoms with van der Waals surface area (Å²) in [7, 11) is 0. The van der Waals surface area contributed by atoms with Gasteiger partial charge in [0, 0.05) is 0 Å². The van der Waals surface area contributed by atoms with Crippen LogP contribution in [0.15, 0.2) is 0 Å². The summed E-state index contributed by atoms with van der Waals surface area (Å²) in [6.45, 7) is 4.99. The maximum atomic E-state index is 13.0. The van der Waals surface area contributed by atoms with E-state index in [9.17, 15) is 34.5 Å². The van der Waals surface area contributed by atoms with E-state index in [-0.39, 0.29) is 19.4 Å². The standard InChI is InChI=1S/C20H34O9/c1-4-7-10-19(11-8-5-2,20(27,17(24)25)13-15(21)22)18(26)29-14-16(23)28-12-9-6-3/h27H,4-14H2,1-3H3,(H,21,22)(H,24,25). The molecular weight excluding hydrogens is 384 g/mol. The molecule has 3 N–H and O–H groups in total. The average molecular weight is 418 g/mol. The molecule has 0 bridgehead atoms. The van der Waals surface area contributed by atoms with Gasteiger partial charge in [-0.3, -0.25) is 9.59 Å². The molecule has 0 radical (unpaired) electrons. The van der Waals surface area contributed by atoms with Gasteiger partial charge in [0.05, 0.1) is 13.0 Å². The molecule has 0 aliphatic rings. The third-order valence-corrected chi connectivity index (χ3v) is 4.94. The van der Waals surface area contributed by atoms with Gasteiger partial charge in [0.2, 0.25) is 0 Å². The summed E-state index contributed by atoms with van der Waals surface area (Å²) in [5.41, 5.74) is -4.86. The number of rotatable bonds is 16. The first-order chi connectivity index (χ1) is 13.6. The highest BCUT2D eigenvalue weighted by molar-refractivity contribution is 5.93. The minimum atomic E-state index is -2.87. The smallest absolute Gasteiger partial charge is 0.344 e. The minimum Gasteiger partial charge on any atom is -0.481 e. The summed E-state index contributed by atoms with van der Waals surface area (Å²) >= 11 is 0. The van der Waals surface area contributed by atoms with Crippen LogP contribution in [0.25, 0.3) is 0 Å². The molecule has 0 saturated carbocycles. The van der Waals surface area contributed by atoms with E-state index in [4.69, 9.17) is 9.47 Å². The average Bonchev–Trinajstić information content (AvgIpc) is 2.65. The summed E-state index contributed by atoms with van der Waals surface area (Å²) in [6.07, 6.45) is 2.05. The van der Waals surface area contributed by atoms with Gasteiger partial charge >= 0.3 is 23.9 Å². The molecule has 168 valence electrons. The van der Waals surface area contributed by atoms with Crippen molar-refractivity contribution in [1.82, 2.24) is 0 Å². The van der Waals surface area contributed by atoms with Gasteiger partial charge in [0.1, 0.15) is 5.41 Å². The fraction of sp³-hybridized carbons (Fsp3) is 0.800. The topological polar surface area (TPSA) is 147 Å². The molecule has 0 heterocycles. The third kappa shape index (κ3) is 7.64. The van der Waals surface area contributed by atoms with Gasteiger partial charge in [0.25, 0.3) is 0 Å². The first kappa shape index (κ1) is 26.8. The molecule has 0 fully saturated rings. The van der Waals surface area contributed by atoms with E-state index in [0.29, 0.717) is 32.1 Å². The Kier molecular flexibility index (Phi) is 12.2. The summed E-state index contributed by atoms with van der Waals surface area (Å²) < 4.78 is 9.96. The molecule has 0 amide bonds. The predicted octanol–water partition coefficient (Wildman–Crippen LogP) is 2.53. The van der Waals surface area contributed by atoms with Crippen molar-refractivity contribution >= 4 is 23.9 Å². The Morgan fingerprint density at radius 1 is 0.828 bits per heavy atom. The van der Waals surface area contributed by atoms with Crippen LogP contribution in [0.5, 0.6) is 0 Å². The van der Waals surface area contributed by atoms with E-state index in [1.807, 2.05) is 20.8 Å².